The van der Waals surface area contributed by atoms with Gasteiger partial charge in [-0.05, 0) is 79.8 Å². The lowest BCUT2D eigenvalue weighted by Gasteiger charge is -2.30. The zero-order valence-corrected chi connectivity index (χ0v) is 35.4. The number of allylic oxidation sites excluding steroid dienone is 1. The lowest BCUT2D eigenvalue weighted by molar-refractivity contribution is -0.148. The highest BCUT2D eigenvalue weighted by Crippen LogP contribution is 2.37. The Morgan fingerprint density at radius 2 is 1.60 bits per heavy atom. The van der Waals surface area contributed by atoms with Crippen LogP contribution >= 0.6 is 0 Å². The topological polar surface area (TPSA) is 164 Å². The van der Waals surface area contributed by atoms with E-state index in [9.17, 15) is 19.2 Å². The number of aromatic amines is 1. The Kier molecular flexibility index (Phi) is 11.2. The molecule has 5 aromatic rings. The summed E-state index contributed by atoms with van der Waals surface area (Å²) in [6.45, 7) is 11.0. The predicted molar refractivity (Wildman–Crippen MR) is 230 cm³/mol. The van der Waals surface area contributed by atoms with Crippen LogP contribution in [0, 0.1) is 24.7 Å². The van der Waals surface area contributed by atoms with Crippen molar-refractivity contribution in [1.29, 1.82) is 0 Å². The second-order valence-electron chi connectivity index (χ2n) is 17.0. The lowest BCUT2D eigenvalue weighted by atomic mass is 9.90. The number of ether oxygens (including phenoxy) is 2. The summed E-state index contributed by atoms with van der Waals surface area (Å²) < 4.78 is 11.9. The van der Waals surface area contributed by atoms with Gasteiger partial charge in [-0.25, -0.2) is 14.8 Å². The van der Waals surface area contributed by atoms with E-state index >= 15 is 0 Å². The lowest BCUT2D eigenvalue weighted by Crippen LogP contribution is -2.51. The molecule has 14 heteroatoms. The van der Waals surface area contributed by atoms with E-state index in [-0.39, 0.29) is 48.1 Å². The number of aliphatic imine (C=N–C) groups is 1. The van der Waals surface area contributed by atoms with Gasteiger partial charge >= 0.3 is 12.1 Å². The number of esters is 1. The summed E-state index contributed by atoms with van der Waals surface area (Å²) in [5, 5.41) is 4.82. The number of carbonyl (C=O) groups is 4. The van der Waals surface area contributed by atoms with Gasteiger partial charge in [0.05, 0.1) is 67.1 Å². The Morgan fingerprint density at radius 3 is 2.32 bits per heavy atom. The number of amides is 3. The number of benzene rings is 2. The van der Waals surface area contributed by atoms with Crippen molar-refractivity contribution in [3.05, 3.63) is 72.1 Å². The number of hydrogen-bond donors (Lipinski definition) is 2. The smallest absolute Gasteiger partial charge is 0.407 e. The van der Waals surface area contributed by atoms with Crippen LogP contribution in [0.25, 0.3) is 44.2 Å². The molecule has 60 heavy (non-hydrogen) atoms. The molecule has 0 bridgehead atoms. The quantitative estimate of drug-likeness (QED) is 0.130. The summed E-state index contributed by atoms with van der Waals surface area (Å²) in [7, 11) is 2.66. The van der Waals surface area contributed by atoms with Gasteiger partial charge in [0.15, 0.2) is 0 Å². The first-order chi connectivity index (χ1) is 28.9. The summed E-state index contributed by atoms with van der Waals surface area (Å²) in [6, 6.07) is 14.0. The number of likely N-dealkylation sites (tertiary alicyclic amines) is 2. The molecule has 3 aliphatic rings. The monoisotopic (exact) mass is 814 g/mol. The molecule has 2 N–H and O–H groups in total. The van der Waals surface area contributed by atoms with Crippen molar-refractivity contribution >= 4 is 62.5 Å². The van der Waals surface area contributed by atoms with Gasteiger partial charge in [-0.15, -0.1) is 0 Å². The number of methoxy groups -OCH3 is 2. The molecule has 6 heterocycles. The van der Waals surface area contributed by atoms with Gasteiger partial charge in [0.1, 0.15) is 17.7 Å². The van der Waals surface area contributed by atoms with Gasteiger partial charge < -0.3 is 29.6 Å². The van der Waals surface area contributed by atoms with Crippen LogP contribution in [0.1, 0.15) is 89.5 Å². The van der Waals surface area contributed by atoms with Crippen molar-refractivity contribution in [3.8, 4) is 11.3 Å². The number of rotatable bonds is 11. The molecule has 8 rings (SSSR count). The van der Waals surface area contributed by atoms with Crippen LogP contribution in [0.5, 0.6) is 0 Å². The van der Waals surface area contributed by atoms with E-state index in [1.54, 1.807) is 0 Å². The fourth-order valence-corrected chi connectivity index (χ4v) is 9.33. The SMILES string of the molecule is COC(=O)C[C@H](C(=O)N1CCC[C@@H]1C1=NC=C(c2ccc3c(c2)nc(C)n2c4ccc(-c5cnc([C@@H]6CCCN6C(=O)[C@@H](NC(=O)OC)C(C)C)[nH]5)cc4cc32)C1)C(C)C. The highest BCUT2D eigenvalue weighted by Gasteiger charge is 2.39. The fourth-order valence-electron chi connectivity index (χ4n) is 9.33. The Balaban J connectivity index is 1.01. The third-order valence-corrected chi connectivity index (χ3v) is 12.6. The van der Waals surface area contributed by atoms with Crippen molar-refractivity contribution in [2.45, 2.75) is 91.3 Å². The van der Waals surface area contributed by atoms with Crippen molar-refractivity contribution in [2.24, 2.45) is 22.7 Å². The molecule has 2 aromatic carbocycles. The standard InChI is InChI=1S/C46H54N8O6/c1-25(2)33(22-41(55)59-6)44(56)52-16-8-10-38(52)35-20-31(23-47-35)28-12-14-32-34(19-28)49-27(5)54-37-15-13-29(18-30(37)21-40(32)54)36-24-48-43(50-36)39-11-9-17-53(39)45(57)42(26(3)4)51-46(58)60-7/h12-15,18-19,21,23-26,33,38-39,42H,8-11,16-17,20,22H2,1-7H3,(H,48,50)(H,51,58)/t33-,38+,39-,42-/m0/s1. The minimum Gasteiger partial charge on any atom is -0.469 e. The summed E-state index contributed by atoms with van der Waals surface area (Å²) in [5.41, 5.74) is 7.96. The first-order valence-corrected chi connectivity index (χ1v) is 21.1. The second kappa shape index (κ2) is 16.5. The summed E-state index contributed by atoms with van der Waals surface area (Å²) in [4.78, 5) is 73.6. The third-order valence-electron chi connectivity index (χ3n) is 12.6. The number of alkyl carbamates (subject to hydrolysis) is 1. The minimum atomic E-state index is -0.697. The zero-order valence-electron chi connectivity index (χ0n) is 35.4. The molecular formula is C46H54N8O6. The van der Waals surface area contributed by atoms with E-state index < -0.39 is 18.1 Å². The van der Waals surface area contributed by atoms with Crippen molar-refractivity contribution in [1.82, 2.24) is 34.5 Å². The maximum atomic E-state index is 13.8. The molecule has 2 saturated heterocycles. The molecule has 14 nitrogen and oxygen atoms in total. The van der Waals surface area contributed by atoms with Gasteiger partial charge in [-0.3, -0.25) is 23.8 Å². The number of H-pyrrole nitrogens is 1. The van der Waals surface area contributed by atoms with Crippen LogP contribution in [0.15, 0.2) is 59.9 Å². The van der Waals surface area contributed by atoms with E-state index in [2.05, 4.69) is 57.2 Å². The maximum Gasteiger partial charge on any atom is 0.407 e. The number of hydrogen-bond acceptors (Lipinski definition) is 9. The Labute approximate surface area is 349 Å². The Hall–Kier alpha value is -6.05. The van der Waals surface area contributed by atoms with E-state index in [1.165, 1.54) is 14.2 Å². The van der Waals surface area contributed by atoms with Crippen LogP contribution in [0.2, 0.25) is 0 Å². The molecule has 0 unspecified atom stereocenters. The van der Waals surface area contributed by atoms with Crippen molar-refractivity contribution in [2.75, 3.05) is 27.3 Å². The highest BCUT2D eigenvalue weighted by atomic mass is 16.5. The van der Waals surface area contributed by atoms with Crippen LogP contribution in [-0.2, 0) is 23.9 Å². The molecule has 314 valence electrons. The molecule has 3 aliphatic heterocycles. The van der Waals surface area contributed by atoms with Crippen molar-refractivity contribution < 1.29 is 28.7 Å². The molecule has 3 amide bonds. The van der Waals surface area contributed by atoms with Crippen LogP contribution in [-0.4, -0.2) is 98.1 Å². The molecule has 0 aliphatic carbocycles. The van der Waals surface area contributed by atoms with Gasteiger partial charge in [-0.1, -0.05) is 45.9 Å². The van der Waals surface area contributed by atoms with Crippen LogP contribution < -0.4 is 5.32 Å². The zero-order chi connectivity index (χ0) is 42.4. The Bertz CT molecular complexity index is 2570. The van der Waals surface area contributed by atoms with Gasteiger partial charge in [0, 0.05) is 47.8 Å². The van der Waals surface area contributed by atoms with Crippen LogP contribution in [0.3, 0.4) is 0 Å². The maximum absolute atomic E-state index is 13.8. The summed E-state index contributed by atoms with van der Waals surface area (Å²) >= 11 is 0. The molecule has 0 spiro atoms. The Morgan fingerprint density at radius 1 is 0.867 bits per heavy atom. The normalized spacial score (nSPS) is 19.1. The predicted octanol–water partition coefficient (Wildman–Crippen LogP) is 7.40. The average Bonchev–Trinajstić information content (AvgIpc) is 4.09. The molecule has 0 saturated carbocycles. The molecular weight excluding hydrogens is 761 g/mol. The number of imidazole rings is 1. The third kappa shape index (κ3) is 7.52. The first kappa shape index (κ1) is 40.7. The first-order valence-electron chi connectivity index (χ1n) is 21.1. The second-order valence-corrected chi connectivity index (χ2v) is 17.0. The number of nitrogens with zero attached hydrogens (tertiary/aromatic N) is 6. The van der Waals surface area contributed by atoms with Gasteiger partial charge in [0.2, 0.25) is 11.8 Å². The molecule has 4 atom stereocenters. The fraction of sp³-hybridized carbons (Fsp3) is 0.457. The molecule has 3 aromatic heterocycles. The van der Waals surface area contributed by atoms with E-state index in [1.807, 2.05) is 56.8 Å². The average molecular weight is 815 g/mol. The minimum absolute atomic E-state index is 0.000784. The van der Waals surface area contributed by atoms with Crippen LogP contribution in [0.4, 0.5) is 4.79 Å². The number of aryl methyl sites for hydroxylation is 1. The van der Waals surface area contributed by atoms with Gasteiger partial charge in [0.25, 0.3) is 0 Å². The highest BCUT2D eigenvalue weighted by molar-refractivity contribution is 6.06. The van der Waals surface area contributed by atoms with Crippen molar-refractivity contribution in [3.63, 3.8) is 0 Å². The van der Waals surface area contributed by atoms with E-state index in [0.29, 0.717) is 19.5 Å². The van der Waals surface area contributed by atoms with E-state index in [0.717, 1.165) is 92.8 Å². The summed E-state index contributed by atoms with van der Waals surface area (Å²) in [5.74, 6) is 0.563. The van der Waals surface area contributed by atoms with Gasteiger partial charge in [-0.2, -0.15) is 0 Å². The number of nitrogens with one attached hydrogen (secondary N) is 2. The molecule has 2 fully saturated rings. The van der Waals surface area contributed by atoms with E-state index in [4.69, 9.17) is 24.4 Å². The number of fused-ring (bicyclic) bond motifs is 5. The molecule has 0 radical (unpaired) electrons. The summed E-state index contributed by atoms with van der Waals surface area (Å²) in [6.07, 6.45) is 7.23. The largest absolute Gasteiger partial charge is 0.469 e. The number of aromatic nitrogens is 4. The number of carbonyl (C=O) groups excluding carboxylic acids is 4.